The van der Waals surface area contributed by atoms with E-state index in [-0.39, 0.29) is 5.41 Å². The molecule has 0 saturated heterocycles. The van der Waals surface area contributed by atoms with Crippen LogP contribution in [0.2, 0.25) is 5.02 Å². The highest BCUT2D eigenvalue weighted by atomic mass is 35.5. The van der Waals surface area contributed by atoms with Crippen LogP contribution in [0.4, 0.5) is 0 Å². The van der Waals surface area contributed by atoms with Gasteiger partial charge in [0.25, 0.3) is 0 Å². The van der Waals surface area contributed by atoms with E-state index in [1.54, 1.807) is 11.8 Å². The van der Waals surface area contributed by atoms with Gasteiger partial charge < -0.3 is 9.84 Å². The molecule has 0 aliphatic heterocycles. The molecule has 0 amide bonds. The van der Waals surface area contributed by atoms with E-state index in [0.717, 1.165) is 5.56 Å². The van der Waals surface area contributed by atoms with Crippen molar-refractivity contribution in [1.82, 2.24) is 0 Å². The van der Waals surface area contributed by atoms with Gasteiger partial charge >= 0.3 is 0 Å². The van der Waals surface area contributed by atoms with E-state index >= 15 is 0 Å². The lowest BCUT2D eigenvalue weighted by molar-refractivity contribution is 0.0398. The molecule has 0 radical (unpaired) electrons. The van der Waals surface area contributed by atoms with Crippen LogP contribution in [0.5, 0.6) is 0 Å². The van der Waals surface area contributed by atoms with Gasteiger partial charge in [-0.3, -0.25) is 0 Å². The first kappa shape index (κ1) is 20.3. The van der Waals surface area contributed by atoms with E-state index < -0.39 is 6.10 Å². The molecular formula is C21H27ClO2S. The second-order valence-electron chi connectivity index (χ2n) is 7.34. The number of thioether (sulfide) groups is 1. The van der Waals surface area contributed by atoms with Gasteiger partial charge in [-0.1, -0.05) is 56.6 Å². The summed E-state index contributed by atoms with van der Waals surface area (Å²) in [6.07, 6.45) is -0.491. The Hall–Kier alpha value is -1.00. The molecule has 25 heavy (non-hydrogen) atoms. The molecule has 0 bridgehead atoms. The Morgan fingerprint density at radius 3 is 2.44 bits per heavy atom. The van der Waals surface area contributed by atoms with Gasteiger partial charge in [0.05, 0.1) is 19.3 Å². The smallest absolute Gasteiger partial charge is 0.0867 e. The molecule has 0 aliphatic rings. The van der Waals surface area contributed by atoms with Crippen molar-refractivity contribution in [1.29, 1.82) is 0 Å². The summed E-state index contributed by atoms with van der Waals surface area (Å²) >= 11 is 7.55. The molecule has 0 spiro atoms. The first-order valence-corrected chi connectivity index (χ1v) is 9.86. The van der Waals surface area contributed by atoms with Crippen LogP contribution >= 0.6 is 23.4 Å². The summed E-state index contributed by atoms with van der Waals surface area (Å²) in [4.78, 5) is 1.23. The average Bonchev–Trinajstić information content (AvgIpc) is 2.55. The Morgan fingerprint density at radius 1 is 1.12 bits per heavy atom. The SMILES string of the molecule is Cc1ccc(C(C)(C)C)cc1SCC(O)COCc1ccc(Cl)cc1. The van der Waals surface area contributed by atoms with E-state index in [2.05, 4.69) is 45.9 Å². The number of aryl methyl sites for hydroxylation is 1. The van der Waals surface area contributed by atoms with Crippen LogP contribution < -0.4 is 0 Å². The molecule has 0 heterocycles. The molecular weight excluding hydrogens is 352 g/mol. The summed E-state index contributed by atoms with van der Waals surface area (Å²) in [6.45, 7) is 9.56. The summed E-state index contributed by atoms with van der Waals surface area (Å²) in [7, 11) is 0. The highest BCUT2D eigenvalue weighted by Crippen LogP contribution is 2.30. The number of benzene rings is 2. The summed E-state index contributed by atoms with van der Waals surface area (Å²) in [6, 6.07) is 14.1. The summed E-state index contributed by atoms with van der Waals surface area (Å²) in [5, 5.41) is 10.9. The second kappa shape index (κ2) is 9.09. The highest BCUT2D eigenvalue weighted by Gasteiger charge is 2.15. The van der Waals surface area contributed by atoms with Gasteiger partial charge in [-0.15, -0.1) is 11.8 Å². The molecule has 0 aromatic heterocycles. The highest BCUT2D eigenvalue weighted by molar-refractivity contribution is 7.99. The van der Waals surface area contributed by atoms with Crippen LogP contribution in [0.3, 0.4) is 0 Å². The number of ether oxygens (including phenoxy) is 1. The van der Waals surface area contributed by atoms with Gasteiger partial charge in [-0.05, 0) is 47.2 Å². The van der Waals surface area contributed by atoms with Crippen molar-refractivity contribution in [3.05, 3.63) is 64.2 Å². The average molecular weight is 379 g/mol. The van der Waals surface area contributed by atoms with Gasteiger partial charge in [-0.2, -0.15) is 0 Å². The molecule has 2 nitrogen and oxygen atoms in total. The lowest BCUT2D eigenvalue weighted by Crippen LogP contribution is -2.18. The molecule has 2 rings (SSSR count). The Labute approximate surface area is 160 Å². The van der Waals surface area contributed by atoms with Gasteiger partial charge in [0.1, 0.15) is 0 Å². The van der Waals surface area contributed by atoms with Crippen LogP contribution in [0.1, 0.15) is 37.5 Å². The third kappa shape index (κ3) is 6.67. The molecule has 2 aromatic rings. The molecule has 2 aromatic carbocycles. The number of aliphatic hydroxyl groups excluding tert-OH is 1. The third-order valence-electron chi connectivity index (χ3n) is 3.98. The maximum atomic E-state index is 10.2. The number of aliphatic hydroxyl groups is 1. The first-order valence-electron chi connectivity index (χ1n) is 8.50. The topological polar surface area (TPSA) is 29.5 Å². The summed E-state index contributed by atoms with van der Waals surface area (Å²) in [5.41, 5.74) is 3.74. The largest absolute Gasteiger partial charge is 0.390 e. The lowest BCUT2D eigenvalue weighted by atomic mass is 9.87. The molecule has 1 atom stereocenters. The van der Waals surface area contributed by atoms with Crippen molar-refractivity contribution < 1.29 is 9.84 Å². The number of rotatable bonds is 7. The van der Waals surface area contributed by atoms with Gasteiger partial charge in [0, 0.05) is 15.7 Å². The molecule has 4 heteroatoms. The maximum Gasteiger partial charge on any atom is 0.0867 e. The summed E-state index contributed by atoms with van der Waals surface area (Å²) in [5.74, 6) is 0.620. The van der Waals surface area contributed by atoms with Crippen LogP contribution in [0, 0.1) is 6.92 Å². The van der Waals surface area contributed by atoms with Gasteiger partial charge in [-0.25, -0.2) is 0 Å². The third-order valence-corrected chi connectivity index (χ3v) is 5.53. The van der Waals surface area contributed by atoms with Crippen LogP contribution in [-0.2, 0) is 16.8 Å². The monoisotopic (exact) mass is 378 g/mol. The molecule has 0 saturated carbocycles. The molecule has 1 unspecified atom stereocenters. The van der Waals surface area contributed by atoms with Gasteiger partial charge in [0.2, 0.25) is 0 Å². The molecule has 0 aliphatic carbocycles. The molecule has 136 valence electrons. The molecule has 0 fully saturated rings. The quantitative estimate of drug-likeness (QED) is 0.634. The number of hydrogen-bond acceptors (Lipinski definition) is 3. The minimum Gasteiger partial charge on any atom is -0.390 e. The fourth-order valence-electron chi connectivity index (χ4n) is 2.35. The van der Waals surface area contributed by atoms with Crippen molar-refractivity contribution >= 4 is 23.4 Å². The Balaban J connectivity index is 1.81. The second-order valence-corrected chi connectivity index (χ2v) is 8.83. The lowest BCUT2D eigenvalue weighted by Gasteiger charge is -2.21. The standard InChI is InChI=1S/C21H27ClO2S/c1-15-5-8-17(21(2,3)4)11-20(15)25-14-19(23)13-24-12-16-6-9-18(22)10-7-16/h5-11,19,23H,12-14H2,1-4H3. The zero-order chi connectivity index (χ0) is 18.4. The maximum absolute atomic E-state index is 10.2. The predicted octanol–water partition coefficient (Wildman–Crippen LogP) is 5.62. The van der Waals surface area contributed by atoms with E-state index in [1.807, 2.05) is 24.3 Å². The van der Waals surface area contributed by atoms with E-state index in [1.165, 1.54) is 16.0 Å². The van der Waals surface area contributed by atoms with Crippen LogP contribution in [0.25, 0.3) is 0 Å². The normalized spacial score (nSPS) is 13.0. The fourth-order valence-corrected chi connectivity index (χ4v) is 3.45. The zero-order valence-corrected chi connectivity index (χ0v) is 17.0. The van der Waals surface area contributed by atoms with Crippen LogP contribution in [-0.4, -0.2) is 23.6 Å². The van der Waals surface area contributed by atoms with Crippen molar-refractivity contribution in [2.24, 2.45) is 0 Å². The predicted molar refractivity (Wildman–Crippen MR) is 108 cm³/mol. The van der Waals surface area contributed by atoms with E-state index in [4.69, 9.17) is 16.3 Å². The minimum absolute atomic E-state index is 0.128. The van der Waals surface area contributed by atoms with Crippen molar-refractivity contribution in [3.63, 3.8) is 0 Å². The number of halogens is 1. The number of hydrogen-bond donors (Lipinski definition) is 1. The van der Waals surface area contributed by atoms with E-state index in [9.17, 15) is 5.11 Å². The van der Waals surface area contributed by atoms with Crippen molar-refractivity contribution in [2.45, 2.75) is 50.7 Å². The summed E-state index contributed by atoms with van der Waals surface area (Å²) < 4.78 is 5.61. The minimum atomic E-state index is -0.491. The zero-order valence-electron chi connectivity index (χ0n) is 15.4. The van der Waals surface area contributed by atoms with E-state index in [0.29, 0.717) is 24.0 Å². The van der Waals surface area contributed by atoms with Gasteiger partial charge in [0.15, 0.2) is 0 Å². The van der Waals surface area contributed by atoms with Crippen molar-refractivity contribution in [2.75, 3.05) is 12.4 Å². The fraction of sp³-hybridized carbons (Fsp3) is 0.429. The van der Waals surface area contributed by atoms with Crippen molar-refractivity contribution in [3.8, 4) is 0 Å². The Morgan fingerprint density at radius 2 is 1.80 bits per heavy atom. The first-order chi connectivity index (χ1) is 11.8. The van der Waals surface area contributed by atoms with Crippen LogP contribution in [0.15, 0.2) is 47.4 Å². The Kier molecular flexibility index (Phi) is 7.38. The Bertz CT molecular complexity index is 677. The molecule has 1 N–H and O–H groups in total.